The van der Waals surface area contributed by atoms with Crippen molar-refractivity contribution in [2.75, 3.05) is 13.7 Å². The van der Waals surface area contributed by atoms with E-state index in [1.807, 2.05) is 31.2 Å². The fraction of sp³-hybridized carbons (Fsp3) is 0.438. The Kier molecular flexibility index (Phi) is 3.94. The highest BCUT2D eigenvalue weighted by atomic mass is 16.5. The minimum atomic E-state index is -0.315. The van der Waals surface area contributed by atoms with Gasteiger partial charge in [-0.05, 0) is 31.0 Å². The number of rotatable bonds is 4. The predicted octanol–water partition coefficient (Wildman–Crippen LogP) is 2.30. The number of β-amino-alcohol motifs (C(OH)–C–C–N with tert-alkyl or cyclic N) is 1. The molecule has 0 aliphatic carbocycles. The molecule has 1 aromatic heterocycles. The first-order valence-corrected chi connectivity index (χ1v) is 7.14. The summed E-state index contributed by atoms with van der Waals surface area (Å²) in [5.41, 5.74) is 2.03. The summed E-state index contributed by atoms with van der Waals surface area (Å²) in [7, 11) is 1.66. The van der Waals surface area contributed by atoms with Gasteiger partial charge < -0.3 is 14.4 Å². The molecule has 1 aromatic carbocycles. The van der Waals surface area contributed by atoms with Crippen LogP contribution in [0.5, 0.6) is 5.75 Å². The van der Waals surface area contributed by atoms with Crippen LogP contribution in [-0.2, 0) is 6.54 Å². The lowest BCUT2D eigenvalue weighted by Gasteiger charge is -2.23. The molecule has 5 nitrogen and oxygen atoms in total. The standard InChI is InChI=1S/C16H20N2O3/c1-11-6-15(21-17-11)10-18-9-13(19)8-16(18)12-4-3-5-14(7-12)20-2/h3-7,13,16,19H,8-10H2,1-2H3. The maximum Gasteiger partial charge on any atom is 0.150 e. The van der Waals surface area contributed by atoms with Gasteiger partial charge in [0.25, 0.3) is 0 Å². The summed E-state index contributed by atoms with van der Waals surface area (Å²) in [6.07, 6.45) is 0.408. The molecule has 0 bridgehead atoms. The minimum Gasteiger partial charge on any atom is -0.497 e. The molecule has 112 valence electrons. The van der Waals surface area contributed by atoms with E-state index in [0.717, 1.165) is 29.2 Å². The van der Waals surface area contributed by atoms with Gasteiger partial charge in [0.05, 0.1) is 25.5 Å². The molecule has 0 radical (unpaired) electrons. The molecule has 2 aromatic rings. The number of ether oxygens (including phenoxy) is 1. The summed E-state index contributed by atoms with van der Waals surface area (Å²) >= 11 is 0. The van der Waals surface area contributed by atoms with E-state index >= 15 is 0 Å². The lowest BCUT2D eigenvalue weighted by molar-refractivity contribution is 0.166. The number of likely N-dealkylation sites (tertiary alicyclic amines) is 1. The molecule has 0 spiro atoms. The van der Waals surface area contributed by atoms with Crippen molar-refractivity contribution in [3.8, 4) is 5.75 Å². The number of hydrogen-bond acceptors (Lipinski definition) is 5. The number of hydrogen-bond donors (Lipinski definition) is 1. The van der Waals surface area contributed by atoms with Gasteiger partial charge in [0.15, 0.2) is 5.76 Å². The summed E-state index contributed by atoms with van der Waals surface area (Å²) in [5, 5.41) is 13.9. The molecule has 0 amide bonds. The van der Waals surface area contributed by atoms with Gasteiger partial charge in [-0.2, -0.15) is 0 Å². The molecule has 21 heavy (non-hydrogen) atoms. The predicted molar refractivity (Wildman–Crippen MR) is 78.0 cm³/mol. The molecule has 3 rings (SSSR count). The highest BCUT2D eigenvalue weighted by molar-refractivity contribution is 5.31. The largest absolute Gasteiger partial charge is 0.497 e. The maximum atomic E-state index is 10.0. The second-order valence-electron chi connectivity index (χ2n) is 5.55. The Hall–Kier alpha value is -1.85. The van der Waals surface area contributed by atoms with Crippen LogP contribution in [0.25, 0.3) is 0 Å². The number of benzene rings is 1. The highest BCUT2D eigenvalue weighted by Gasteiger charge is 2.32. The second kappa shape index (κ2) is 5.87. The zero-order valence-corrected chi connectivity index (χ0v) is 12.3. The molecule has 1 fully saturated rings. The summed E-state index contributed by atoms with van der Waals surface area (Å²) in [5.74, 6) is 1.67. The lowest BCUT2D eigenvalue weighted by Crippen LogP contribution is -2.24. The molecular formula is C16H20N2O3. The molecule has 1 aliphatic rings. The Morgan fingerprint density at radius 3 is 3.00 bits per heavy atom. The van der Waals surface area contributed by atoms with E-state index in [4.69, 9.17) is 9.26 Å². The maximum absolute atomic E-state index is 10.0. The molecule has 5 heteroatoms. The minimum absolute atomic E-state index is 0.167. The third-order valence-corrected chi connectivity index (χ3v) is 3.90. The molecule has 1 aliphatic heterocycles. The van der Waals surface area contributed by atoms with E-state index < -0.39 is 0 Å². The van der Waals surface area contributed by atoms with E-state index in [9.17, 15) is 5.11 Å². The quantitative estimate of drug-likeness (QED) is 0.935. The second-order valence-corrected chi connectivity index (χ2v) is 5.55. The van der Waals surface area contributed by atoms with Crippen molar-refractivity contribution in [3.63, 3.8) is 0 Å². The SMILES string of the molecule is COc1cccc(C2CC(O)CN2Cc2cc(C)no2)c1. The number of methoxy groups -OCH3 is 1. The fourth-order valence-electron chi connectivity index (χ4n) is 2.94. The Morgan fingerprint density at radius 1 is 1.43 bits per heavy atom. The van der Waals surface area contributed by atoms with Gasteiger partial charge in [-0.1, -0.05) is 17.3 Å². The topological polar surface area (TPSA) is 58.7 Å². The number of nitrogens with zero attached hydrogens (tertiary/aromatic N) is 2. The molecule has 2 heterocycles. The first-order valence-electron chi connectivity index (χ1n) is 7.14. The van der Waals surface area contributed by atoms with Crippen LogP contribution in [0.3, 0.4) is 0 Å². The van der Waals surface area contributed by atoms with Crippen molar-refractivity contribution in [2.45, 2.75) is 32.0 Å². The first kappa shape index (κ1) is 14.1. The average molecular weight is 288 g/mol. The van der Waals surface area contributed by atoms with E-state index in [2.05, 4.69) is 16.1 Å². The third kappa shape index (κ3) is 3.09. The van der Waals surface area contributed by atoms with Gasteiger partial charge in [-0.3, -0.25) is 4.90 Å². The van der Waals surface area contributed by atoms with Gasteiger partial charge in [0.2, 0.25) is 0 Å². The smallest absolute Gasteiger partial charge is 0.150 e. The Bertz CT molecular complexity index is 611. The van der Waals surface area contributed by atoms with Gasteiger partial charge in [-0.15, -0.1) is 0 Å². The van der Waals surface area contributed by atoms with Crippen LogP contribution >= 0.6 is 0 Å². The van der Waals surface area contributed by atoms with Crippen molar-refractivity contribution in [2.24, 2.45) is 0 Å². The summed E-state index contributed by atoms with van der Waals surface area (Å²) in [4.78, 5) is 2.22. The van der Waals surface area contributed by atoms with E-state index in [0.29, 0.717) is 13.1 Å². The van der Waals surface area contributed by atoms with Crippen LogP contribution in [0.15, 0.2) is 34.9 Å². The zero-order valence-electron chi connectivity index (χ0n) is 12.3. The molecule has 0 saturated carbocycles. The lowest BCUT2D eigenvalue weighted by atomic mass is 10.0. The number of aryl methyl sites for hydroxylation is 1. The monoisotopic (exact) mass is 288 g/mol. The molecule has 2 atom stereocenters. The van der Waals surface area contributed by atoms with Crippen LogP contribution < -0.4 is 4.74 Å². The molecule has 2 unspecified atom stereocenters. The Labute approximate surface area is 124 Å². The molecular weight excluding hydrogens is 268 g/mol. The van der Waals surface area contributed by atoms with Crippen molar-refractivity contribution < 1.29 is 14.4 Å². The van der Waals surface area contributed by atoms with E-state index in [-0.39, 0.29) is 12.1 Å². The molecule has 1 saturated heterocycles. The molecule has 1 N–H and O–H groups in total. The summed E-state index contributed by atoms with van der Waals surface area (Å²) < 4.78 is 10.6. The first-order chi connectivity index (χ1) is 10.2. The van der Waals surface area contributed by atoms with Gasteiger partial charge in [-0.25, -0.2) is 0 Å². The van der Waals surface area contributed by atoms with Gasteiger partial charge >= 0.3 is 0 Å². The van der Waals surface area contributed by atoms with Gasteiger partial charge in [0.1, 0.15) is 5.75 Å². The van der Waals surface area contributed by atoms with Crippen LogP contribution in [0.2, 0.25) is 0 Å². The Balaban J connectivity index is 1.81. The van der Waals surface area contributed by atoms with Crippen molar-refractivity contribution in [1.82, 2.24) is 10.1 Å². The summed E-state index contributed by atoms with van der Waals surface area (Å²) in [6.45, 7) is 3.20. The number of aliphatic hydroxyl groups excluding tert-OH is 1. The Morgan fingerprint density at radius 2 is 2.29 bits per heavy atom. The van der Waals surface area contributed by atoms with Crippen molar-refractivity contribution in [3.05, 3.63) is 47.3 Å². The van der Waals surface area contributed by atoms with E-state index in [1.54, 1.807) is 7.11 Å². The van der Waals surface area contributed by atoms with E-state index in [1.165, 1.54) is 0 Å². The van der Waals surface area contributed by atoms with Crippen molar-refractivity contribution >= 4 is 0 Å². The number of aliphatic hydroxyl groups is 1. The van der Waals surface area contributed by atoms with Crippen LogP contribution in [-0.4, -0.2) is 34.9 Å². The highest BCUT2D eigenvalue weighted by Crippen LogP contribution is 2.34. The van der Waals surface area contributed by atoms with Gasteiger partial charge in [0, 0.05) is 18.7 Å². The third-order valence-electron chi connectivity index (χ3n) is 3.90. The summed E-state index contributed by atoms with van der Waals surface area (Å²) in [6, 6.07) is 10.1. The number of aromatic nitrogens is 1. The van der Waals surface area contributed by atoms with Crippen LogP contribution in [0.4, 0.5) is 0 Å². The fourth-order valence-corrected chi connectivity index (χ4v) is 2.94. The van der Waals surface area contributed by atoms with Crippen molar-refractivity contribution in [1.29, 1.82) is 0 Å². The normalized spacial score (nSPS) is 22.6. The van der Waals surface area contributed by atoms with Crippen LogP contribution in [0.1, 0.15) is 29.5 Å². The van der Waals surface area contributed by atoms with Crippen LogP contribution in [0, 0.1) is 6.92 Å². The zero-order chi connectivity index (χ0) is 14.8. The average Bonchev–Trinajstić information content (AvgIpc) is 3.05.